The Labute approximate surface area is 154 Å². The van der Waals surface area contributed by atoms with Gasteiger partial charge in [0.15, 0.2) is 0 Å². The average molecular weight is 431 g/mol. The second-order valence-corrected chi connectivity index (χ2v) is 7.36. The summed E-state index contributed by atoms with van der Waals surface area (Å²) < 4.78 is 2.16. The van der Waals surface area contributed by atoms with Gasteiger partial charge in [0.25, 0.3) is 0 Å². The number of nitrogens with zero attached hydrogens (tertiary/aromatic N) is 1. The molecule has 0 amide bonds. The van der Waals surface area contributed by atoms with Gasteiger partial charge in [-0.2, -0.15) is 0 Å². The second-order valence-electron chi connectivity index (χ2n) is 5.53. The number of hydrogen-bond acceptors (Lipinski definition) is 1. The number of rotatable bonds is 3. The lowest BCUT2D eigenvalue weighted by Crippen LogP contribution is -2.12. The summed E-state index contributed by atoms with van der Waals surface area (Å²) in [4.78, 5) is 2.31. The monoisotopic (exact) mass is 429 g/mol. The molecule has 3 aromatic carbocycles. The van der Waals surface area contributed by atoms with E-state index in [1.807, 2.05) is 0 Å². The maximum atomic E-state index is 3.52. The summed E-state index contributed by atoms with van der Waals surface area (Å²) in [6.45, 7) is 4.32. The zero-order chi connectivity index (χ0) is 16.4. The molecule has 0 spiro atoms. The maximum absolute atomic E-state index is 3.52. The van der Waals surface area contributed by atoms with Crippen LogP contribution in [0.5, 0.6) is 0 Å². The van der Waals surface area contributed by atoms with Crippen LogP contribution >= 0.6 is 31.9 Å². The number of aryl methyl sites for hydroxylation is 2. The lowest BCUT2D eigenvalue weighted by atomic mass is 10.1. The minimum Gasteiger partial charge on any atom is -0.310 e. The maximum Gasteiger partial charge on any atom is 0.0519 e. The van der Waals surface area contributed by atoms with E-state index in [1.54, 1.807) is 0 Å². The van der Waals surface area contributed by atoms with E-state index >= 15 is 0 Å². The van der Waals surface area contributed by atoms with Gasteiger partial charge in [-0.3, -0.25) is 0 Å². The van der Waals surface area contributed by atoms with E-state index in [0.717, 1.165) is 20.3 Å². The highest BCUT2D eigenvalue weighted by Crippen LogP contribution is 2.39. The molecule has 0 N–H and O–H groups in total. The first-order valence-electron chi connectivity index (χ1n) is 7.44. The van der Waals surface area contributed by atoms with E-state index in [1.165, 1.54) is 16.8 Å². The summed E-state index contributed by atoms with van der Waals surface area (Å²) in [5, 5.41) is 0. The highest BCUT2D eigenvalue weighted by atomic mass is 79.9. The van der Waals surface area contributed by atoms with Crippen molar-refractivity contribution in [3.8, 4) is 0 Å². The van der Waals surface area contributed by atoms with Gasteiger partial charge in [-0.15, -0.1) is 0 Å². The topological polar surface area (TPSA) is 3.24 Å². The molecule has 0 aliphatic carbocycles. The third-order valence-electron chi connectivity index (χ3n) is 3.83. The van der Waals surface area contributed by atoms with Crippen molar-refractivity contribution < 1.29 is 0 Å². The van der Waals surface area contributed by atoms with Crippen LogP contribution in [0.15, 0.2) is 75.7 Å². The second kappa shape index (κ2) is 6.90. The third-order valence-corrected chi connectivity index (χ3v) is 4.89. The minimum absolute atomic E-state index is 1.08. The lowest BCUT2D eigenvalue weighted by molar-refractivity contribution is 1.22. The molecule has 0 atom stereocenters. The van der Waals surface area contributed by atoms with Crippen molar-refractivity contribution in [1.82, 2.24) is 0 Å². The molecule has 3 heteroatoms. The van der Waals surface area contributed by atoms with Crippen LogP contribution in [0.2, 0.25) is 0 Å². The molecule has 0 bridgehead atoms. The van der Waals surface area contributed by atoms with Gasteiger partial charge in [0.2, 0.25) is 0 Å². The van der Waals surface area contributed by atoms with Crippen LogP contribution in [0.3, 0.4) is 0 Å². The predicted molar refractivity (Wildman–Crippen MR) is 106 cm³/mol. The smallest absolute Gasteiger partial charge is 0.0519 e. The van der Waals surface area contributed by atoms with Crippen LogP contribution in [0.1, 0.15) is 11.1 Å². The van der Waals surface area contributed by atoms with E-state index in [4.69, 9.17) is 0 Å². The largest absolute Gasteiger partial charge is 0.310 e. The van der Waals surface area contributed by atoms with Crippen molar-refractivity contribution in [2.24, 2.45) is 0 Å². The van der Waals surface area contributed by atoms with Crippen molar-refractivity contribution in [2.45, 2.75) is 13.8 Å². The molecule has 0 saturated carbocycles. The number of para-hydroxylation sites is 1. The van der Waals surface area contributed by atoms with Gasteiger partial charge >= 0.3 is 0 Å². The summed E-state index contributed by atoms with van der Waals surface area (Å²) in [6.07, 6.45) is 0. The van der Waals surface area contributed by atoms with Crippen LogP contribution < -0.4 is 4.90 Å². The molecule has 1 nitrogen and oxygen atoms in total. The lowest BCUT2D eigenvalue weighted by Gasteiger charge is -2.28. The first-order chi connectivity index (χ1) is 11.1. The van der Waals surface area contributed by atoms with E-state index < -0.39 is 0 Å². The standard InChI is InChI=1S/C20H17Br2N/c1-14-4-3-5-15(2)20(14)23(18-10-6-16(21)7-11-18)19-12-8-17(22)9-13-19/h3-13H,1-2H3. The van der Waals surface area contributed by atoms with Gasteiger partial charge in [-0.25, -0.2) is 0 Å². The number of benzene rings is 3. The zero-order valence-corrected chi connectivity index (χ0v) is 16.2. The summed E-state index contributed by atoms with van der Waals surface area (Å²) in [5.74, 6) is 0. The van der Waals surface area contributed by atoms with Crippen molar-refractivity contribution >= 4 is 48.9 Å². The molecule has 116 valence electrons. The van der Waals surface area contributed by atoms with Gasteiger partial charge in [0, 0.05) is 20.3 Å². The average Bonchev–Trinajstić information content (AvgIpc) is 2.53. The van der Waals surface area contributed by atoms with Crippen molar-refractivity contribution in [3.63, 3.8) is 0 Å². The van der Waals surface area contributed by atoms with Crippen LogP contribution in [0.4, 0.5) is 17.1 Å². The fourth-order valence-electron chi connectivity index (χ4n) is 2.75. The van der Waals surface area contributed by atoms with E-state index in [-0.39, 0.29) is 0 Å². The minimum atomic E-state index is 1.08. The van der Waals surface area contributed by atoms with Crippen molar-refractivity contribution in [3.05, 3.63) is 86.8 Å². The van der Waals surface area contributed by atoms with E-state index in [2.05, 4.69) is 117 Å². The fraction of sp³-hybridized carbons (Fsp3) is 0.100. The highest BCUT2D eigenvalue weighted by molar-refractivity contribution is 9.10. The van der Waals surface area contributed by atoms with Crippen LogP contribution in [-0.2, 0) is 0 Å². The SMILES string of the molecule is Cc1cccc(C)c1N(c1ccc(Br)cc1)c1ccc(Br)cc1. The van der Waals surface area contributed by atoms with Crippen molar-refractivity contribution in [2.75, 3.05) is 4.90 Å². The summed E-state index contributed by atoms with van der Waals surface area (Å²) in [7, 11) is 0. The van der Waals surface area contributed by atoms with Gasteiger partial charge in [-0.1, -0.05) is 50.1 Å². The Hall–Kier alpha value is -1.58. The third kappa shape index (κ3) is 3.51. The Morgan fingerprint density at radius 1 is 0.609 bits per heavy atom. The zero-order valence-electron chi connectivity index (χ0n) is 13.1. The molecular formula is C20H17Br2N. The highest BCUT2D eigenvalue weighted by Gasteiger charge is 2.16. The Morgan fingerprint density at radius 2 is 1.00 bits per heavy atom. The Balaban J connectivity index is 2.21. The Morgan fingerprint density at radius 3 is 1.39 bits per heavy atom. The predicted octanol–water partition coefficient (Wildman–Crippen LogP) is 7.30. The number of hydrogen-bond donors (Lipinski definition) is 0. The fourth-order valence-corrected chi connectivity index (χ4v) is 3.27. The number of anilines is 3. The number of halogens is 2. The summed E-state index contributed by atoms with van der Waals surface area (Å²) in [5.41, 5.74) is 6.05. The van der Waals surface area contributed by atoms with Gasteiger partial charge in [-0.05, 0) is 73.5 Å². The summed E-state index contributed by atoms with van der Waals surface area (Å²) in [6, 6.07) is 23.3. The summed E-state index contributed by atoms with van der Waals surface area (Å²) >= 11 is 7.04. The van der Waals surface area contributed by atoms with Crippen LogP contribution in [-0.4, -0.2) is 0 Å². The van der Waals surface area contributed by atoms with Gasteiger partial charge < -0.3 is 4.90 Å². The molecule has 0 aromatic heterocycles. The molecule has 3 aromatic rings. The molecule has 0 aliphatic heterocycles. The van der Waals surface area contributed by atoms with E-state index in [9.17, 15) is 0 Å². The Bertz CT molecular complexity index is 742. The molecule has 0 heterocycles. The molecule has 0 unspecified atom stereocenters. The molecule has 0 fully saturated rings. The molecule has 0 saturated heterocycles. The van der Waals surface area contributed by atoms with Crippen LogP contribution in [0.25, 0.3) is 0 Å². The first-order valence-corrected chi connectivity index (χ1v) is 9.02. The van der Waals surface area contributed by atoms with Crippen molar-refractivity contribution in [1.29, 1.82) is 0 Å². The normalized spacial score (nSPS) is 10.6. The Kier molecular flexibility index (Phi) is 4.88. The van der Waals surface area contributed by atoms with Gasteiger partial charge in [0.1, 0.15) is 0 Å². The van der Waals surface area contributed by atoms with E-state index in [0.29, 0.717) is 0 Å². The molecule has 23 heavy (non-hydrogen) atoms. The quantitative estimate of drug-likeness (QED) is 0.421. The molecule has 0 radical (unpaired) electrons. The molecular weight excluding hydrogens is 414 g/mol. The first kappa shape index (κ1) is 16.3. The molecule has 3 rings (SSSR count). The van der Waals surface area contributed by atoms with Gasteiger partial charge in [0.05, 0.1) is 5.69 Å². The van der Waals surface area contributed by atoms with Crippen LogP contribution in [0, 0.1) is 13.8 Å². The molecule has 0 aliphatic rings.